The molecule has 0 atom stereocenters. The largest absolute Gasteiger partial charge is 0.380 e. The van der Waals surface area contributed by atoms with Gasteiger partial charge in [-0.25, -0.2) is 4.98 Å². The molecular weight excluding hydrogens is 244 g/mol. The lowest BCUT2D eigenvalue weighted by Crippen LogP contribution is -2.32. The molecule has 0 amide bonds. The quantitative estimate of drug-likeness (QED) is 0.679. The third kappa shape index (κ3) is 5.85. The van der Waals surface area contributed by atoms with Crippen molar-refractivity contribution in [2.24, 2.45) is 0 Å². The zero-order valence-corrected chi connectivity index (χ0v) is 12.1. The van der Waals surface area contributed by atoms with E-state index in [4.69, 9.17) is 15.2 Å². The second-order valence-electron chi connectivity index (χ2n) is 4.11. The number of aromatic nitrogens is 2. The molecule has 0 aliphatic heterocycles. The summed E-state index contributed by atoms with van der Waals surface area (Å²) in [6.07, 6.45) is 0. The first kappa shape index (κ1) is 15.7. The summed E-state index contributed by atoms with van der Waals surface area (Å²) >= 11 is 0. The van der Waals surface area contributed by atoms with Crippen molar-refractivity contribution in [1.29, 1.82) is 0 Å². The zero-order valence-electron chi connectivity index (χ0n) is 12.1. The van der Waals surface area contributed by atoms with Crippen molar-refractivity contribution in [3.63, 3.8) is 0 Å². The lowest BCUT2D eigenvalue weighted by molar-refractivity contribution is 0.141. The van der Waals surface area contributed by atoms with Gasteiger partial charge in [0.25, 0.3) is 0 Å². The highest BCUT2D eigenvalue weighted by Crippen LogP contribution is 2.13. The third-order valence-electron chi connectivity index (χ3n) is 2.60. The molecule has 0 radical (unpaired) electrons. The van der Waals surface area contributed by atoms with Crippen LogP contribution in [0.25, 0.3) is 0 Å². The fourth-order valence-corrected chi connectivity index (χ4v) is 1.72. The van der Waals surface area contributed by atoms with E-state index < -0.39 is 0 Å². The van der Waals surface area contributed by atoms with Crippen LogP contribution in [0.2, 0.25) is 0 Å². The predicted molar refractivity (Wildman–Crippen MR) is 76.4 cm³/mol. The van der Waals surface area contributed by atoms with Gasteiger partial charge >= 0.3 is 0 Å². The van der Waals surface area contributed by atoms with Gasteiger partial charge in [-0.05, 0) is 20.8 Å². The molecule has 1 heterocycles. The monoisotopic (exact) mass is 268 g/mol. The number of ether oxygens (including phenoxy) is 2. The summed E-state index contributed by atoms with van der Waals surface area (Å²) in [6, 6.07) is 1.92. The fraction of sp³-hybridized carbons (Fsp3) is 0.692. The Kier molecular flexibility index (Phi) is 7.14. The van der Waals surface area contributed by atoms with Crippen LogP contribution in [0.5, 0.6) is 0 Å². The third-order valence-corrected chi connectivity index (χ3v) is 2.60. The number of nitrogen functional groups attached to an aromatic ring is 1. The SMILES string of the molecule is CCOCCN(CCOCC)c1cc(C)nc(N)n1. The van der Waals surface area contributed by atoms with Crippen molar-refractivity contribution in [1.82, 2.24) is 9.97 Å². The van der Waals surface area contributed by atoms with Crippen molar-refractivity contribution in [3.05, 3.63) is 11.8 Å². The summed E-state index contributed by atoms with van der Waals surface area (Å²) in [5.41, 5.74) is 6.56. The Balaban J connectivity index is 2.69. The van der Waals surface area contributed by atoms with Gasteiger partial charge in [-0.1, -0.05) is 0 Å². The summed E-state index contributed by atoms with van der Waals surface area (Å²) in [6.45, 7) is 10.1. The van der Waals surface area contributed by atoms with Crippen LogP contribution in [0.1, 0.15) is 19.5 Å². The molecule has 0 aromatic carbocycles. The normalized spacial score (nSPS) is 10.7. The second kappa shape index (κ2) is 8.66. The van der Waals surface area contributed by atoms with Gasteiger partial charge in [0.2, 0.25) is 5.95 Å². The van der Waals surface area contributed by atoms with Crippen LogP contribution >= 0.6 is 0 Å². The van der Waals surface area contributed by atoms with Crippen LogP contribution in [0.15, 0.2) is 6.07 Å². The molecule has 6 heteroatoms. The molecule has 0 fully saturated rings. The molecule has 2 N–H and O–H groups in total. The van der Waals surface area contributed by atoms with Crippen molar-refractivity contribution in [2.75, 3.05) is 50.2 Å². The average molecular weight is 268 g/mol. The van der Waals surface area contributed by atoms with Crippen LogP contribution in [-0.2, 0) is 9.47 Å². The van der Waals surface area contributed by atoms with E-state index in [9.17, 15) is 0 Å². The van der Waals surface area contributed by atoms with Gasteiger partial charge in [-0.15, -0.1) is 0 Å². The molecule has 6 nitrogen and oxygen atoms in total. The van der Waals surface area contributed by atoms with Gasteiger partial charge in [0, 0.05) is 38.1 Å². The second-order valence-corrected chi connectivity index (χ2v) is 4.11. The number of nitrogens with zero attached hydrogens (tertiary/aromatic N) is 3. The minimum atomic E-state index is 0.299. The highest BCUT2D eigenvalue weighted by Gasteiger charge is 2.09. The Morgan fingerprint density at radius 2 is 1.68 bits per heavy atom. The Morgan fingerprint density at radius 1 is 1.11 bits per heavy atom. The lowest BCUT2D eigenvalue weighted by atomic mass is 10.3. The minimum Gasteiger partial charge on any atom is -0.380 e. The van der Waals surface area contributed by atoms with Crippen LogP contribution in [0.3, 0.4) is 0 Å². The summed E-state index contributed by atoms with van der Waals surface area (Å²) in [5.74, 6) is 1.12. The van der Waals surface area contributed by atoms with Gasteiger partial charge < -0.3 is 20.1 Å². The molecule has 19 heavy (non-hydrogen) atoms. The number of nitrogens with two attached hydrogens (primary N) is 1. The Morgan fingerprint density at radius 3 is 2.16 bits per heavy atom. The van der Waals surface area contributed by atoms with Crippen molar-refractivity contribution in [3.8, 4) is 0 Å². The first-order chi connectivity index (χ1) is 9.17. The molecule has 0 saturated heterocycles. The number of hydrogen-bond acceptors (Lipinski definition) is 6. The molecule has 0 saturated carbocycles. The molecular formula is C13H24N4O2. The zero-order chi connectivity index (χ0) is 14.1. The van der Waals surface area contributed by atoms with E-state index in [1.807, 2.05) is 26.8 Å². The number of rotatable bonds is 9. The van der Waals surface area contributed by atoms with Gasteiger partial charge in [0.05, 0.1) is 13.2 Å². The number of anilines is 2. The van der Waals surface area contributed by atoms with Crippen molar-refractivity contribution >= 4 is 11.8 Å². The standard InChI is InChI=1S/C13H24N4O2/c1-4-18-8-6-17(7-9-19-5-2)12-10-11(3)15-13(14)16-12/h10H,4-9H2,1-3H3,(H2,14,15,16). The van der Waals surface area contributed by atoms with Gasteiger partial charge in [-0.3, -0.25) is 0 Å². The van der Waals surface area contributed by atoms with E-state index in [1.54, 1.807) is 0 Å². The fourth-order valence-electron chi connectivity index (χ4n) is 1.72. The van der Waals surface area contributed by atoms with Crippen LogP contribution in [0.4, 0.5) is 11.8 Å². The highest BCUT2D eigenvalue weighted by atomic mass is 16.5. The smallest absolute Gasteiger partial charge is 0.222 e. The van der Waals surface area contributed by atoms with Crippen LogP contribution in [-0.4, -0.2) is 49.5 Å². The van der Waals surface area contributed by atoms with E-state index >= 15 is 0 Å². The van der Waals surface area contributed by atoms with E-state index in [1.165, 1.54) is 0 Å². The van der Waals surface area contributed by atoms with E-state index in [0.29, 0.717) is 32.4 Å². The van der Waals surface area contributed by atoms with Gasteiger partial charge in [0.1, 0.15) is 5.82 Å². The Hall–Kier alpha value is -1.40. The average Bonchev–Trinajstić information content (AvgIpc) is 2.36. The maximum atomic E-state index is 5.70. The summed E-state index contributed by atoms with van der Waals surface area (Å²) in [5, 5.41) is 0. The number of aryl methyl sites for hydroxylation is 1. The molecule has 0 aliphatic carbocycles. The van der Waals surface area contributed by atoms with Crippen molar-refractivity contribution < 1.29 is 9.47 Å². The van der Waals surface area contributed by atoms with Crippen LogP contribution < -0.4 is 10.6 Å². The predicted octanol–water partition coefficient (Wildman–Crippen LogP) is 1.25. The van der Waals surface area contributed by atoms with E-state index in [2.05, 4.69) is 14.9 Å². The molecule has 0 unspecified atom stereocenters. The molecule has 108 valence electrons. The first-order valence-electron chi connectivity index (χ1n) is 6.69. The maximum absolute atomic E-state index is 5.70. The molecule has 1 aromatic heterocycles. The van der Waals surface area contributed by atoms with Crippen LogP contribution in [0, 0.1) is 6.92 Å². The lowest BCUT2D eigenvalue weighted by Gasteiger charge is -2.23. The molecule has 0 aliphatic rings. The molecule has 1 rings (SSSR count). The molecule has 0 bridgehead atoms. The minimum absolute atomic E-state index is 0.299. The topological polar surface area (TPSA) is 73.5 Å². The van der Waals surface area contributed by atoms with Gasteiger partial charge in [-0.2, -0.15) is 4.98 Å². The maximum Gasteiger partial charge on any atom is 0.222 e. The molecule has 1 aromatic rings. The number of hydrogen-bond donors (Lipinski definition) is 1. The Labute approximate surface area is 114 Å². The summed E-state index contributed by atoms with van der Waals surface area (Å²) in [4.78, 5) is 10.5. The summed E-state index contributed by atoms with van der Waals surface area (Å²) < 4.78 is 10.8. The molecule has 0 spiro atoms. The van der Waals surface area contributed by atoms with Crippen molar-refractivity contribution in [2.45, 2.75) is 20.8 Å². The van der Waals surface area contributed by atoms with Gasteiger partial charge in [0.15, 0.2) is 0 Å². The first-order valence-corrected chi connectivity index (χ1v) is 6.69. The summed E-state index contributed by atoms with van der Waals surface area (Å²) in [7, 11) is 0. The van der Waals surface area contributed by atoms with E-state index in [-0.39, 0.29) is 0 Å². The Bertz CT molecular complexity index is 343. The highest BCUT2D eigenvalue weighted by molar-refractivity contribution is 5.43. The van der Waals surface area contributed by atoms with E-state index in [0.717, 1.165) is 24.6 Å².